The van der Waals surface area contributed by atoms with Crippen molar-refractivity contribution in [2.24, 2.45) is 11.8 Å². The fraction of sp³-hybridized carbons (Fsp3) is 0.489. The molecule has 2 amide bonds. The number of likely N-dealkylation sites (N-methyl/N-ethyl adjacent to an activating group) is 2. The maximum absolute atomic E-state index is 13.8. The number of carboxylic acid groups (broad SMARTS) is 1. The molecule has 1 N–H and O–H groups in total. The Morgan fingerprint density at radius 1 is 0.741 bits per heavy atom. The lowest BCUT2D eigenvalue weighted by Gasteiger charge is -2.32. The highest BCUT2D eigenvalue weighted by atomic mass is 16.6. The lowest BCUT2D eigenvalue weighted by molar-refractivity contribution is -0.172. The molecule has 58 heavy (non-hydrogen) atoms. The van der Waals surface area contributed by atoms with Crippen molar-refractivity contribution in [3.63, 3.8) is 0 Å². The number of morpholine rings is 1. The van der Waals surface area contributed by atoms with Crippen molar-refractivity contribution in [1.29, 1.82) is 0 Å². The summed E-state index contributed by atoms with van der Waals surface area (Å²) in [5.41, 5.74) is 5.95. The number of hydrogen-bond acceptors (Lipinski definition) is 10. The van der Waals surface area contributed by atoms with Crippen LogP contribution in [0.2, 0.25) is 0 Å². The smallest absolute Gasteiger partial charge is 0.410 e. The number of anilines is 1. The first-order valence-corrected chi connectivity index (χ1v) is 20.1. The number of carbonyl (C=O) groups is 5. The summed E-state index contributed by atoms with van der Waals surface area (Å²) in [6.45, 7) is 11.8. The zero-order chi connectivity index (χ0) is 42.1. The SMILES string of the molecule is CC(C)C[C@@H](C(=O)O[C@H](C)C(=O)N(C)[C@@H](CC(C)C)C(=O)O[C@H](Cc1ccc(N2CCOCC2)cc1)C(=O)O)N(C)C(=O)OCC1c2ccccc2-c2ccccc21. The molecule has 0 bridgehead atoms. The Morgan fingerprint density at radius 2 is 1.26 bits per heavy atom. The summed E-state index contributed by atoms with van der Waals surface area (Å²) >= 11 is 0. The second kappa shape index (κ2) is 19.8. The lowest BCUT2D eigenvalue weighted by Crippen LogP contribution is -2.51. The fourth-order valence-electron chi connectivity index (χ4n) is 7.56. The standard InChI is InChI=1S/C45H57N3O10/c1-28(2)24-38(44(53)58-40(42(50)51)26-31-16-18-32(19-17-31)48-20-22-55-23-21-48)46(6)41(49)30(5)57-43(52)39(25-29(3)4)47(7)45(54)56-27-37-35-14-10-8-12-33(35)34-13-9-11-15-36(34)37/h8-19,28-30,37-40H,20-27H2,1-7H3,(H,50,51)/t30-,38+,39+,40-/m1/s1. The molecule has 0 aromatic heterocycles. The van der Waals surface area contributed by atoms with Crippen LogP contribution in [-0.2, 0) is 44.5 Å². The van der Waals surface area contributed by atoms with E-state index in [2.05, 4.69) is 4.90 Å². The van der Waals surface area contributed by atoms with Crippen LogP contribution in [-0.4, -0.2) is 116 Å². The summed E-state index contributed by atoms with van der Waals surface area (Å²) in [5.74, 6) is -3.96. The van der Waals surface area contributed by atoms with Gasteiger partial charge in [-0.05, 0) is 71.6 Å². The number of carbonyl (C=O) groups excluding carboxylic acids is 4. The maximum atomic E-state index is 13.8. The minimum absolute atomic E-state index is 0.0230. The number of ether oxygens (including phenoxy) is 4. The van der Waals surface area contributed by atoms with Crippen LogP contribution < -0.4 is 4.90 Å². The van der Waals surface area contributed by atoms with Gasteiger partial charge in [0, 0.05) is 45.2 Å². The Labute approximate surface area is 341 Å². The molecule has 1 heterocycles. The highest BCUT2D eigenvalue weighted by Crippen LogP contribution is 2.44. The lowest BCUT2D eigenvalue weighted by atomic mass is 9.98. The first-order chi connectivity index (χ1) is 27.7. The van der Waals surface area contributed by atoms with E-state index in [1.807, 2.05) is 100 Å². The summed E-state index contributed by atoms with van der Waals surface area (Å²) in [6, 6.07) is 21.2. The predicted octanol–water partition coefficient (Wildman–Crippen LogP) is 6.16. The molecule has 1 aliphatic heterocycles. The second-order valence-electron chi connectivity index (χ2n) is 16.0. The number of hydrogen-bond donors (Lipinski definition) is 1. The highest BCUT2D eigenvalue weighted by molar-refractivity contribution is 5.90. The van der Waals surface area contributed by atoms with Crippen LogP contribution >= 0.6 is 0 Å². The van der Waals surface area contributed by atoms with Crippen LogP contribution in [0, 0.1) is 11.8 Å². The molecule has 3 aromatic carbocycles. The molecule has 0 spiro atoms. The number of fused-ring (bicyclic) bond motifs is 3. The summed E-state index contributed by atoms with van der Waals surface area (Å²) < 4.78 is 22.5. The molecule has 1 saturated heterocycles. The third-order valence-electron chi connectivity index (χ3n) is 10.7. The van der Waals surface area contributed by atoms with Gasteiger partial charge >= 0.3 is 24.0 Å². The Balaban J connectivity index is 1.21. The number of amides is 2. The van der Waals surface area contributed by atoms with Crippen molar-refractivity contribution in [2.45, 2.75) is 84.1 Å². The zero-order valence-corrected chi connectivity index (χ0v) is 34.6. The van der Waals surface area contributed by atoms with Crippen molar-refractivity contribution >= 4 is 35.6 Å². The Bertz CT molecular complexity index is 1860. The first-order valence-electron chi connectivity index (χ1n) is 20.1. The highest BCUT2D eigenvalue weighted by Gasteiger charge is 2.38. The third-order valence-corrected chi connectivity index (χ3v) is 10.7. The van der Waals surface area contributed by atoms with Gasteiger partial charge in [-0.1, -0.05) is 88.4 Å². The van der Waals surface area contributed by atoms with Gasteiger partial charge in [-0.25, -0.2) is 19.2 Å². The summed E-state index contributed by atoms with van der Waals surface area (Å²) in [4.78, 5) is 71.5. The largest absolute Gasteiger partial charge is 0.478 e. The molecular formula is C45H57N3O10. The van der Waals surface area contributed by atoms with Gasteiger partial charge in [0.2, 0.25) is 6.10 Å². The molecule has 0 saturated carbocycles. The molecular weight excluding hydrogens is 743 g/mol. The monoisotopic (exact) mass is 799 g/mol. The van der Waals surface area contributed by atoms with Crippen LogP contribution in [0.3, 0.4) is 0 Å². The van der Waals surface area contributed by atoms with Crippen molar-refractivity contribution < 1.29 is 48.0 Å². The number of rotatable bonds is 17. The molecule has 1 aliphatic carbocycles. The molecule has 0 unspecified atom stereocenters. The fourth-order valence-corrected chi connectivity index (χ4v) is 7.56. The molecule has 0 radical (unpaired) electrons. The number of carboxylic acids is 1. The van der Waals surface area contributed by atoms with Gasteiger partial charge in [-0.2, -0.15) is 0 Å². The van der Waals surface area contributed by atoms with Crippen LogP contribution in [0.1, 0.15) is 70.1 Å². The third kappa shape index (κ3) is 10.7. The summed E-state index contributed by atoms with van der Waals surface area (Å²) in [5, 5.41) is 10.0. The van der Waals surface area contributed by atoms with Crippen LogP contribution in [0.4, 0.5) is 10.5 Å². The van der Waals surface area contributed by atoms with Crippen LogP contribution in [0.25, 0.3) is 11.1 Å². The van der Waals surface area contributed by atoms with E-state index in [1.165, 1.54) is 25.9 Å². The second-order valence-corrected chi connectivity index (χ2v) is 16.0. The molecule has 13 nitrogen and oxygen atoms in total. The van der Waals surface area contributed by atoms with Crippen molar-refractivity contribution in [3.8, 4) is 11.1 Å². The van der Waals surface area contributed by atoms with E-state index in [4.69, 9.17) is 18.9 Å². The molecule has 3 aromatic rings. The molecule has 5 rings (SSSR count). The van der Waals surface area contributed by atoms with E-state index < -0.39 is 54.2 Å². The van der Waals surface area contributed by atoms with E-state index in [1.54, 1.807) is 0 Å². The Morgan fingerprint density at radius 3 is 1.79 bits per heavy atom. The molecule has 4 atom stereocenters. The quantitative estimate of drug-likeness (QED) is 0.123. The van der Waals surface area contributed by atoms with Gasteiger partial charge in [-0.3, -0.25) is 9.69 Å². The zero-order valence-electron chi connectivity index (χ0n) is 34.6. The first kappa shape index (κ1) is 43.7. The Kier molecular flexibility index (Phi) is 14.9. The number of esters is 2. The van der Waals surface area contributed by atoms with Gasteiger partial charge < -0.3 is 33.9 Å². The Hall–Kier alpha value is -5.43. The van der Waals surface area contributed by atoms with E-state index in [9.17, 15) is 29.1 Å². The topological polar surface area (TPSA) is 152 Å². The minimum Gasteiger partial charge on any atom is -0.478 e. The van der Waals surface area contributed by atoms with Crippen molar-refractivity contribution in [1.82, 2.24) is 9.80 Å². The van der Waals surface area contributed by atoms with Gasteiger partial charge in [-0.15, -0.1) is 0 Å². The molecule has 1 fully saturated rings. The molecule has 2 aliphatic rings. The van der Waals surface area contributed by atoms with Gasteiger partial charge in [0.1, 0.15) is 18.7 Å². The maximum Gasteiger partial charge on any atom is 0.410 e. The summed E-state index contributed by atoms with van der Waals surface area (Å²) in [6.07, 6.45) is -3.21. The minimum atomic E-state index is -1.50. The average molecular weight is 800 g/mol. The van der Waals surface area contributed by atoms with E-state index in [0.29, 0.717) is 18.8 Å². The van der Waals surface area contributed by atoms with E-state index >= 15 is 0 Å². The summed E-state index contributed by atoms with van der Waals surface area (Å²) in [7, 11) is 2.87. The average Bonchev–Trinajstić information content (AvgIpc) is 3.53. The van der Waals surface area contributed by atoms with E-state index in [0.717, 1.165) is 45.9 Å². The van der Waals surface area contributed by atoms with Gasteiger partial charge in [0.15, 0.2) is 6.10 Å². The number of benzene rings is 3. The van der Waals surface area contributed by atoms with Crippen molar-refractivity contribution in [2.75, 3.05) is 51.9 Å². The van der Waals surface area contributed by atoms with Crippen molar-refractivity contribution in [3.05, 3.63) is 89.5 Å². The van der Waals surface area contributed by atoms with Crippen LogP contribution in [0.15, 0.2) is 72.8 Å². The normalized spacial score (nSPS) is 15.8. The van der Waals surface area contributed by atoms with Crippen LogP contribution in [0.5, 0.6) is 0 Å². The van der Waals surface area contributed by atoms with Gasteiger partial charge in [0.25, 0.3) is 5.91 Å². The van der Waals surface area contributed by atoms with E-state index in [-0.39, 0.29) is 43.6 Å². The number of aliphatic carboxylic acids is 1. The predicted molar refractivity (Wildman–Crippen MR) is 218 cm³/mol. The number of nitrogens with zero attached hydrogens (tertiary/aromatic N) is 3. The molecule has 13 heteroatoms. The van der Waals surface area contributed by atoms with Gasteiger partial charge in [0.05, 0.1) is 13.2 Å². The molecule has 312 valence electrons.